The lowest BCUT2D eigenvalue weighted by Gasteiger charge is -2.05. The molecule has 0 aliphatic rings. The van der Waals surface area contributed by atoms with Crippen LogP contribution < -0.4 is 5.32 Å². The van der Waals surface area contributed by atoms with Crippen LogP contribution in [0.25, 0.3) is 0 Å². The minimum absolute atomic E-state index is 0.208. The molecule has 0 saturated carbocycles. The van der Waals surface area contributed by atoms with E-state index in [1.54, 1.807) is 24.3 Å². The van der Waals surface area contributed by atoms with E-state index in [9.17, 15) is 4.79 Å². The maximum absolute atomic E-state index is 11.6. The highest BCUT2D eigenvalue weighted by molar-refractivity contribution is 9.12. The molecule has 1 aromatic carbocycles. The Hall–Kier alpha value is -0.510. The summed E-state index contributed by atoms with van der Waals surface area (Å²) >= 11 is 14.8. The molecule has 1 N–H and O–H groups in total. The van der Waals surface area contributed by atoms with Crippen LogP contribution in [0.1, 0.15) is 13.3 Å². The zero-order chi connectivity index (χ0) is 12.1. The van der Waals surface area contributed by atoms with Crippen molar-refractivity contribution in [2.24, 2.45) is 0 Å². The Kier molecular flexibility index (Phi) is 5.32. The second-order valence-electron chi connectivity index (χ2n) is 3.04. The van der Waals surface area contributed by atoms with E-state index in [1.165, 1.54) is 0 Å². The molecule has 0 atom stereocenters. The molecule has 0 aliphatic carbocycles. The summed E-state index contributed by atoms with van der Waals surface area (Å²) in [5.74, 6) is -0.208. The number of nitrogens with one attached hydrogen (secondary N) is 1. The lowest BCUT2D eigenvalue weighted by molar-refractivity contribution is -0.112. The zero-order valence-electron chi connectivity index (χ0n) is 8.56. The zero-order valence-corrected chi connectivity index (χ0v) is 11.7. The number of benzene rings is 1. The highest BCUT2D eigenvalue weighted by atomic mass is 79.9. The largest absolute Gasteiger partial charge is 0.321 e. The summed E-state index contributed by atoms with van der Waals surface area (Å²) in [7, 11) is 0. The molecule has 0 radical (unpaired) electrons. The molecule has 0 heterocycles. The van der Waals surface area contributed by atoms with Gasteiger partial charge in [0.2, 0.25) is 0 Å². The summed E-state index contributed by atoms with van der Waals surface area (Å²) in [6.07, 6.45) is 2.57. The summed E-state index contributed by atoms with van der Waals surface area (Å²) in [6, 6.07) is 4.93. The SMILES string of the molecule is CC/C=C(\Br)C(=O)Nc1ccc(Cl)c(Cl)c1. The first kappa shape index (κ1) is 13.6. The molecule has 5 heteroatoms. The van der Waals surface area contributed by atoms with Gasteiger partial charge in [-0.2, -0.15) is 0 Å². The normalized spacial score (nSPS) is 11.4. The lowest BCUT2D eigenvalue weighted by Crippen LogP contribution is -2.11. The molecular formula is C11H10BrCl2NO. The van der Waals surface area contributed by atoms with Crippen molar-refractivity contribution in [3.63, 3.8) is 0 Å². The van der Waals surface area contributed by atoms with Crippen LogP contribution in [0.15, 0.2) is 28.8 Å². The molecule has 0 fully saturated rings. The van der Waals surface area contributed by atoms with Crippen molar-refractivity contribution in [1.82, 2.24) is 0 Å². The summed E-state index contributed by atoms with van der Waals surface area (Å²) in [6.45, 7) is 1.95. The molecule has 16 heavy (non-hydrogen) atoms. The molecule has 0 aliphatic heterocycles. The lowest BCUT2D eigenvalue weighted by atomic mass is 10.3. The molecule has 0 spiro atoms. The highest BCUT2D eigenvalue weighted by Gasteiger charge is 2.06. The van der Waals surface area contributed by atoms with Gasteiger partial charge < -0.3 is 5.32 Å². The summed E-state index contributed by atoms with van der Waals surface area (Å²) in [5, 5.41) is 3.57. The Labute approximate surface area is 113 Å². The van der Waals surface area contributed by atoms with Crippen molar-refractivity contribution in [3.8, 4) is 0 Å². The number of rotatable bonds is 3. The monoisotopic (exact) mass is 321 g/mol. The number of hydrogen-bond donors (Lipinski definition) is 1. The Morgan fingerprint density at radius 2 is 2.12 bits per heavy atom. The van der Waals surface area contributed by atoms with Gasteiger partial charge in [-0.05, 0) is 40.5 Å². The van der Waals surface area contributed by atoms with Gasteiger partial charge in [0, 0.05) is 5.69 Å². The Bertz CT molecular complexity index is 432. The molecule has 0 bridgehead atoms. The van der Waals surface area contributed by atoms with Gasteiger partial charge >= 0.3 is 0 Å². The van der Waals surface area contributed by atoms with Gasteiger partial charge in [0.25, 0.3) is 5.91 Å². The van der Waals surface area contributed by atoms with Crippen LogP contribution in [0.3, 0.4) is 0 Å². The number of allylic oxidation sites excluding steroid dienone is 1. The van der Waals surface area contributed by atoms with Crippen molar-refractivity contribution in [2.45, 2.75) is 13.3 Å². The first-order chi connectivity index (χ1) is 7.54. The van der Waals surface area contributed by atoms with E-state index in [4.69, 9.17) is 23.2 Å². The van der Waals surface area contributed by atoms with E-state index in [1.807, 2.05) is 6.92 Å². The minimum Gasteiger partial charge on any atom is -0.321 e. The number of carbonyl (C=O) groups is 1. The molecule has 0 saturated heterocycles. The van der Waals surface area contributed by atoms with Crippen LogP contribution in [0.2, 0.25) is 10.0 Å². The van der Waals surface area contributed by atoms with Crippen LogP contribution in [-0.4, -0.2) is 5.91 Å². The number of hydrogen-bond acceptors (Lipinski definition) is 1. The van der Waals surface area contributed by atoms with Gasteiger partial charge in [-0.25, -0.2) is 0 Å². The molecule has 2 nitrogen and oxygen atoms in total. The molecule has 0 unspecified atom stereocenters. The maximum Gasteiger partial charge on any atom is 0.262 e. The van der Waals surface area contributed by atoms with E-state index >= 15 is 0 Å². The van der Waals surface area contributed by atoms with Gasteiger partial charge in [-0.15, -0.1) is 0 Å². The summed E-state index contributed by atoms with van der Waals surface area (Å²) < 4.78 is 0.501. The smallest absolute Gasteiger partial charge is 0.262 e. The Morgan fingerprint density at radius 1 is 1.44 bits per heavy atom. The maximum atomic E-state index is 11.6. The third-order valence-electron chi connectivity index (χ3n) is 1.78. The number of carbonyl (C=O) groups excluding carboxylic acids is 1. The predicted octanol–water partition coefficient (Wildman–Crippen LogP) is 4.62. The van der Waals surface area contributed by atoms with Crippen molar-refractivity contribution in [3.05, 3.63) is 38.8 Å². The Balaban J connectivity index is 2.77. The molecule has 0 aromatic heterocycles. The minimum atomic E-state index is -0.208. The molecule has 1 rings (SSSR count). The molecule has 86 valence electrons. The first-order valence-corrected chi connectivity index (χ1v) is 6.21. The van der Waals surface area contributed by atoms with Crippen LogP contribution in [0.5, 0.6) is 0 Å². The predicted molar refractivity (Wildman–Crippen MR) is 72.4 cm³/mol. The number of amides is 1. The van der Waals surface area contributed by atoms with E-state index in [0.29, 0.717) is 20.2 Å². The van der Waals surface area contributed by atoms with Crippen molar-refractivity contribution in [1.29, 1.82) is 0 Å². The molecular weight excluding hydrogens is 313 g/mol. The summed E-state index contributed by atoms with van der Waals surface area (Å²) in [5.41, 5.74) is 0.612. The van der Waals surface area contributed by atoms with Crippen LogP contribution in [-0.2, 0) is 4.79 Å². The number of halogens is 3. The van der Waals surface area contributed by atoms with Gasteiger partial charge in [-0.3, -0.25) is 4.79 Å². The third kappa shape index (κ3) is 3.81. The average Bonchev–Trinajstić information content (AvgIpc) is 2.24. The van der Waals surface area contributed by atoms with Crippen LogP contribution >= 0.6 is 39.1 Å². The van der Waals surface area contributed by atoms with Gasteiger partial charge in [0.05, 0.1) is 14.5 Å². The summed E-state index contributed by atoms with van der Waals surface area (Å²) in [4.78, 5) is 11.6. The van der Waals surface area contributed by atoms with Crippen molar-refractivity contribution < 1.29 is 4.79 Å². The van der Waals surface area contributed by atoms with E-state index in [0.717, 1.165) is 6.42 Å². The quantitative estimate of drug-likeness (QED) is 0.808. The Morgan fingerprint density at radius 3 is 2.69 bits per heavy atom. The fraction of sp³-hybridized carbons (Fsp3) is 0.182. The van der Waals surface area contributed by atoms with Crippen molar-refractivity contribution in [2.75, 3.05) is 5.32 Å². The van der Waals surface area contributed by atoms with Crippen LogP contribution in [0.4, 0.5) is 5.69 Å². The van der Waals surface area contributed by atoms with Gasteiger partial charge in [0.1, 0.15) is 0 Å². The fourth-order valence-electron chi connectivity index (χ4n) is 1.04. The number of anilines is 1. The second kappa shape index (κ2) is 6.28. The topological polar surface area (TPSA) is 29.1 Å². The molecule has 1 aromatic rings. The molecule has 1 amide bonds. The average molecular weight is 323 g/mol. The first-order valence-electron chi connectivity index (χ1n) is 4.66. The van der Waals surface area contributed by atoms with Gasteiger partial charge in [0.15, 0.2) is 0 Å². The van der Waals surface area contributed by atoms with Crippen LogP contribution in [0, 0.1) is 0 Å². The fourth-order valence-corrected chi connectivity index (χ4v) is 1.76. The second-order valence-corrected chi connectivity index (χ2v) is 4.71. The van der Waals surface area contributed by atoms with Crippen molar-refractivity contribution >= 4 is 50.7 Å². The standard InChI is InChI=1S/C11H10BrCl2NO/c1-2-3-8(12)11(16)15-7-4-5-9(13)10(14)6-7/h3-6H,2H2,1H3,(H,15,16)/b8-3-. The third-order valence-corrected chi connectivity index (χ3v) is 3.20. The van der Waals surface area contributed by atoms with E-state index < -0.39 is 0 Å². The van der Waals surface area contributed by atoms with Gasteiger partial charge in [-0.1, -0.05) is 36.2 Å². The van der Waals surface area contributed by atoms with E-state index in [-0.39, 0.29) is 5.91 Å². The van der Waals surface area contributed by atoms with E-state index in [2.05, 4.69) is 21.2 Å². The highest BCUT2D eigenvalue weighted by Crippen LogP contribution is 2.25.